The Morgan fingerprint density at radius 1 is 1.12 bits per heavy atom. The molecular formula is C13H23NO3. The molecule has 0 saturated carbocycles. The third-order valence-corrected chi connectivity index (χ3v) is 2.15. The molecule has 0 saturated heterocycles. The van der Waals surface area contributed by atoms with Gasteiger partial charge in [-0.25, -0.2) is 0 Å². The Hall–Kier alpha value is -0.940. The first-order chi connectivity index (χ1) is 8.33. The van der Waals surface area contributed by atoms with Crippen molar-refractivity contribution in [2.45, 2.75) is 6.54 Å². The van der Waals surface area contributed by atoms with Gasteiger partial charge in [0, 0.05) is 20.2 Å². The highest BCUT2D eigenvalue weighted by molar-refractivity contribution is 5.14. The smallest absolute Gasteiger partial charge is 0.0698 e. The third-order valence-electron chi connectivity index (χ3n) is 2.15. The minimum absolute atomic E-state index is 0.0996. The molecule has 1 aromatic rings. The Balaban J connectivity index is 0.00000121. The molecule has 2 N–H and O–H groups in total. The molecule has 98 valence electrons. The number of hydrogen-bond acceptors (Lipinski definition) is 4. The third kappa shape index (κ3) is 8.83. The molecule has 0 aromatic heterocycles. The highest BCUT2D eigenvalue weighted by Crippen LogP contribution is 2.01. The van der Waals surface area contributed by atoms with E-state index in [0.29, 0.717) is 13.2 Å². The van der Waals surface area contributed by atoms with Gasteiger partial charge in [-0.1, -0.05) is 30.3 Å². The summed E-state index contributed by atoms with van der Waals surface area (Å²) in [6.07, 6.45) is 0. The van der Waals surface area contributed by atoms with Crippen molar-refractivity contribution in [2.24, 2.45) is 0 Å². The van der Waals surface area contributed by atoms with E-state index in [0.717, 1.165) is 20.2 Å². The van der Waals surface area contributed by atoms with E-state index in [4.69, 9.17) is 14.9 Å². The zero-order chi connectivity index (χ0) is 12.9. The molecule has 0 bridgehead atoms. The van der Waals surface area contributed by atoms with Crippen molar-refractivity contribution in [3.8, 4) is 0 Å². The van der Waals surface area contributed by atoms with Crippen LogP contribution >= 0.6 is 0 Å². The summed E-state index contributed by atoms with van der Waals surface area (Å²) in [6.45, 7) is 3.02. The van der Waals surface area contributed by atoms with Gasteiger partial charge < -0.3 is 14.9 Å². The van der Waals surface area contributed by atoms with Crippen LogP contribution in [-0.2, 0) is 11.3 Å². The highest BCUT2D eigenvalue weighted by Gasteiger charge is 1.99. The lowest BCUT2D eigenvalue weighted by atomic mass is 10.2. The van der Waals surface area contributed by atoms with Gasteiger partial charge in [0.25, 0.3) is 0 Å². The number of benzene rings is 1. The molecule has 0 spiro atoms. The summed E-state index contributed by atoms with van der Waals surface area (Å²) < 4.78 is 5.20. The topological polar surface area (TPSA) is 52.9 Å². The predicted octanol–water partition coefficient (Wildman–Crippen LogP) is 0.736. The van der Waals surface area contributed by atoms with E-state index in [-0.39, 0.29) is 6.61 Å². The maximum atomic E-state index is 8.53. The molecule has 0 aliphatic carbocycles. The normalized spacial score (nSPS) is 9.94. The van der Waals surface area contributed by atoms with Crippen molar-refractivity contribution in [3.63, 3.8) is 0 Å². The average molecular weight is 241 g/mol. The minimum atomic E-state index is 0.0996. The zero-order valence-electron chi connectivity index (χ0n) is 10.7. The van der Waals surface area contributed by atoms with Crippen molar-refractivity contribution in [2.75, 3.05) is 40.5 Å². The van der Waals surface area contributed by atoms with Gasteiger partial charge >= 0.3 is 0 Å². The lowest BCUT2D eigenvalue weighted by Crippen LogP contribution is -2.23. The predicted molar refractivity (Wildman–Crippen MR) is 68.8 cm³/mol. The number of aliphatic hydroxyl groups excluding tert-OH is 2. The van der Waals surface area contributed by atoms with E-state index in [2.05, 4.69) is 24.1 Å². The van der Waals surface area contributed by atoms with E-state index in [1.54, 1.807) is 0 Å². The second-order valence-electron chi connectivity index (χ2n) is 3.56. The number of hydrogen-bond donors (Lipinski definition) is 2. The first-order valence-electron chi connectivity index (χ1n) is 5.68. The van der Waals surface area contributed by atoms with Gasteiger partial charge in [-0.2, -0.15) is 0 Å². The van der Waals surface area contributed by atoms with Gasteiger partial charge in [0.15, 0.2) is 0 Å². The lowest BCUT2D eigenvalue weighted by molar-refractivity contribution is 0.0773. The summed E-state index contributed by atoms with van der Waals surface area (Å²) in [6, 6.07) is 10.3. The van der Waals surface area contributed by atoms with E-state index in [9.17, 15) is 0 Å². The number of nitrogens with zero attached hydrogens (tertiary/aromatic N) is 1. The van der Waals surface area contributed by atoms with Gasteiger partial charge in [0.2, 0.25) is 0 Å². The Kier molecular flexibility index (Phi) is 10.9. The fourth-order valence-corrected chi connectivity index (χ4v) is 1.36. The molecule has 0 aliphatic heterocycles. The number of ether oxygens (including phenoxy) is 1. The molecule has 0 heterocycles. The van der Waals surface area contributed by atoms with Crippen LogP contribution in [0.4, 0.5) is 0 Å². The summed E-state index contributed by atoms with van der Waals surface area (Å²) in [5.41, 5.74) is 1.31. The summed E-state index contributed by atoms with van der Waals surface area (Å²) in [4.78, 5) is 2.20. The molecule has 0 atom stereocenters. The fourth-order valence-electron chi connectivity index (χ4n) is 1.36. The Morgan fingerprint density at radius 2 is 1.76 bits per heavy atom. The Labute approximate surface area is 103 Å². The first kappa shape index (κ1) is 16.1. The SMILES string of the molecule is CN(CCOCCO)Cc1ccccc1.CO. The van der Waals surface area contributed by atoms with Crippen LogP contribution in [0.25, 0.3) is 0 Å². The standard InChI is InChI=1S/C12H19NO2.CH4O/c1-13(7-9-15-10-8-14)11-12-5-3-2-4-6-12;1-2/h2-6,14H,7-11H2,1H3;2H,1H3. The van der Waals surface area contributed by atoms with Gasteiger partial charge in [-0.15, -0.1) is 0 Å². The molecule has 4 nitrogen and oxygen atoms in total. The lowest BCUT2D eigenvalue weighted by Gasteiger charge is -2.16. The Morgan fingerprint density at radius 3 is 2.35 bits per heavy atom. The van der Waals surface area contributed by atoms with Crippen LogP contribution in [0.3, 0.4) is 0 Å². The molecular weight excluding hydrogens is 218 g/mol. The van der Waals surface area contributed by atoms with Crippen LogP contribution in [0, 0.1) is 0 Å². The average Bonchev–Trinajstić information content (AvgIpc) is 2.38. The van der Waals surface area contributed by atoms with Crippen LogP contribution in [0.15, 0.2) is 30.3 Å². The minimum Gasteiger partial charge on any atom is -0.400 e. The van der Waals surface area contributed by atoms with Crippen molar-refractivity contribution < 1.29 is 14.9 Å². The number of aliphatic hydroxyl groups is 2. The van der Waals surface area contributed by atoms with Crippen molar-refractivity contribution in [1.29, 1.82) is 0 Å². The van der Waals surface area contributed by atoms with Crippen LogP contribution < -0.4 is 0 Å². The number of rotatable bonds is 7. The zero-order valence-corrected chi connectivity index (χ0v) is 10.7. The highest BCUT2D eigenvalue weighted by atomic mass is 16.5. The van der Waals surface area contributed by atoms with E-state index < -0.39 is 0 Å². The largest absolute Gasteiger partial charge is 0.400 e. The van der Waals surface area contributed by atoms with Crippen LogP contribution in [0.5, 0.6) is 0 Å². The quantitative estimate of drug-likeness (QED) is 0.691. The summed E-state index contributed by atoms with van der Waals surface area (Å²) >= 11 is 0. The molecule has 17 heavy (non-hydrogen) atoms. The van der Waals surface area contributed by atoms with Gasteiger partial charge in [0.05, 0.1) is 19.8 Å². The van der Waals surface area contributed by atoms with E-state index >= 15 is 0 Å². The van der Waals surface area contributed by atoms with Crippen LogP contribution in [-0.4, -0.2) is 55.6 Å². The molecule has 0 amide bonds. The second kappa shape index (κ2) is 11.5. The van der Waals surface area contributed by atoms with E-state index in [1.807, 2.05) is 18.2 Å². The molecule has 0 unspecified atom stereocenters. The van der Waals surface area contributed by atoms with Crippen LogP contribution in [0.1, 0.15) is 5.56 Å². The molecule has 4 heteroatoms. The number of likely N-dealkylation sites (N-methyl/N-ethyl adjacent to an activating group) is 1. The Bertz CT molecular complexity index is 254. The van der Waals surface area contributed by atoms with Crippen molar-refractivity contribution in [1.82, 2.24) is 4.90 Å². The maximum absolute atomic E-state index is 8.53. The molecule has 1 aromatic carbocycles. The van der Waals surface area contributed by atoms with Gasteiger partial charge in [-0.05, 0) is 12.6 Å². The van der Waals surface area contributed by atoms with E-state index in [1.165, 1.54) is 5.56 Å². The monoisotopic (exact) mass is 241 g/mol. The second-order valence-corrected chi connectivity index (χ2v) is 3.56. The fraction of sp³-hybridized carbons (Fsp3) is 0.538. The van der Waals surface area contributed by atoms with Gasteiger partial charge in [0.1, 0.15) is 0 Å². The summed E-state index contributed by atoms with van der Waals surface area (Å²) in [7, 11) is 3.06. The van der Waals surface area contributed by atoms with Crippen molar-refractivity contribution >= 4 is 0 Å². The molecule has 1 rings (SSSR count). The molecule has 0 fully saturated rings. The van der Waals surface area contributed by atoms with Crippen LogP contribution in [0.2, 0.25) is 0 Å². The van der Waals surface area contributed by atoms with Gasteiger partial charge in [-0.3, -0.25) is 4.90 Å². The summed E-state index contributed by atoms with van der Waals surface area (Å²) in [5.74, 6) is 0. The molecule has 0 aliphatic rings. The first-order valence-corrected chi connectivity index (χ1v) is 5.68. The molecule has 0 radical (unpaired) electrons. The maximum Gasteiger partial charge on any atom is 0.0698 e. The van der Waals surface area contributed by atoms with Crippen molar-refractivity contribution in [3.05, 3.63) is 35.9 Å². The summed E-state index contributed by atoms with van der Waals surface area (Å²) in [5, 5.41) is 15.5.